The number of likely N-dealkylation sites (tertiary alicyclic amines) is 1. The molecular weight excluding hydrogens is 470 g/mol. The smallest absolute Gasteiger partial charge is 0.251 e. The average molecular weight is 512 g/mol. The van der Waals surface area contributed by atoms with Gasteiger partial charge in [0.2, 0.25) is 5.91 Å². The Bertz CT molecular complexity index is 977. The first-order valence-corrected chi connectivity index (χ1v) is 14.1. The fourth-order valence-electron chi connectivity index (χ4n) is 6.67. The van der Waals surface area contributed by atoms with E-state index in [1.807, 2.05) is 24.3 Å². The number of hydrogen-bond donors (Lipinski definition) is 3. The predicted octanol–water partition coefficient (Wildman–Crippen LogP) is 1.45. The highest BCUT2D eigenvalue weighted by molar-refractivity contribution is 5.99. The largest absolute Gasteiger partial charge is 0.366 e. The number of ether oxygens (including phenoxy) is 1. The van der Waals surface area contributed by atoms with E-state index in [1.54, 1.807) is 4.90 Å². The van der Waals surface area contributed by atoms with Gasteiger partial charge < -0.3 is 30.9 Å². The molecule has 2 amide bonds. The number of nitrogens with zero attached hydrogens (tertiary/aromatic N) is 2. The number of nitrogens with one attached hydrogen (secondary N) is 2. The van der Waals surface area contributed by atoms with Gasteiger partial charge in [-0.05, 0) is 49.4 Å². The van der Waals surface area contributed by atoms with E-state index in [0.29, 0.717) is 11.6 Å². The van der Waals surface area contributed by atoms with Crippen molar-refractivity contribution < 1.29 is 19.1 Å². The number of rotatable bonds is 7. The fourth-order valence-corrected chi connectivity index (χ4v) is 6.67. The lowest BCUT2D eigenvalue weighted by atomic mass is 9.83. The zero-order valence-electron chi connectivity index (χ0n) is 21.9. The number of carbonyl (C=O) groups is 3. The molecule has 0 spiro atoms. The molecule has 1 aromatic rings. The number of amides is 2. The molecule has 3 saturated heterocycles. The molecule has 3 aliphatic heterocycles. The molecule has 4 N–H and O–H groups in total. The summed E-state index contributed by atoms with van der Waals surface area (Å²) in [5, 5.41) is 6.55. The van der Waals surface area contributed by atoms with Crippen LogP contribution in [0.25, 0.3) is 0 Å². The third-order valence-corrected chi connectivity index (χ3v) is 8.61. The van der Waals surface area contributed by atoms with Gasteiger partial charge in [0.15, 0.2) is 5.78 Å². The Kier molecular flexibility index (Phi) is 8.12. The van der Waals surface area contributed by atoms with E-state index < -0.39 is 24.2 Å². The second kappa shape index (κ2) is 11.5. The van der Waals surface area contributed by atoms with Gasteiger partial charge in [0, 0.05) is 43.5 Å². The Balaban J connectivity index is 1.32. The molecule has 9 heteroatoms. The minimum atomic E-state index is -0.672. The molecule has 5 atom stereocenters. The van der Waals surface area contributed by atoms with Crippen LogP contribution < -0.4 is 21.3 Å². The number of Topliss-reactive ketones (excluding diaryl/α,β-unsaturated/α-hetero) is 1. The number of fused-ring (bicyclic) bond motifs is 1. The van der Waals surface area contributed by atoms with Crippen LogP contribution in [0, 0.1) is 5.92 Å². The van der Waals surface area contributed by atoms with Crippen LogP contribution in [0.3, 0.4) is 0 Å². The van der Waals surface area contributed by atoms with E-state index in [9.17, 15) is 14.4 Å². The summed E-state index contributed by atoms with van der Waals surface area (Å²) in [5.74, 6) is -0.519. The topological polar surface area (TPSA) is 117 Å². The molecule has 0 aromatic heterocycles. The summed E-state index contributed by atoms with van der Waals surface area (Å²) < 4.78 is 5.58. The van der Waals surface area contributed by atoms with Crippen LogP contribution >= 0.6 is 0 Å². The molecule has 1 aliphatic carbocycles. The predicted molar refractivity (Wildman–Crippen MR) is 141 cm³/mol. The lowest BCUT2D eigenvalue weighted by Gasteiger charge is -2.38. The molecule has 1 saturated carbocycles. The Morgan fingerprint density at radius 3 is 2.68 bits per heavy atom. The second-order valence-corrected chi connectivity index (χ2v) is 11.1. The van der Waals surface area contributed by atoms with Crippen molar-refractivity contribution in [2.75, 3.05) is 37.7 Å². The number of nitrogens with two attached hydrogens (primary N) is 1. The van der Waals surface area contributed by atoms with Crippen molar-refractivity contribution >= 4 is 23.3 Å². The molecule has 0 bridgehead atoms. The molecule has 5 rings (SSSR count). The Hall–Kier alpha value is -2.49. The highest BCUT2D eigenvalue weighted by atomic mass is 16.5. The minimum Gasteiger partial charge on any atom is -0.366 e. The second-order valence-electron chi connectivity index (χ2n) is 11.1. The Morgan fingerprint density at radius 1 is 1.19 bits per heavy atom. The summed E-state index contributed by atoms with van der Waals surface area (Å²) in [6.07, 6.45) is 6.78. The van der Waals surface area contributed by atoms with Gasteiger partial charge in [-0.15, -0.1) is 0 Å². The molecule has 4 aliphatic rings. The van der Waals surface area contributed by atoms with Crippen LogP contribution in [0.2, 0.25) is 0 Å². The first-order chi connectivity index (χ1) is 18.0. The van der Waals surface area contributed by atoms with Gasteiger partial charge in [0.1, 0.15) is 24.8 Å². The number of piperazine rings is 1. The highest BCUT2D eigenvalue weighted by Crippen LogP contribution is 2.32. The number of anilines is 1. The highest BCUT2D eigenvalue weighted by Gasteiger charge is 2.52. The first kappa shape index (κ1) is 26.1. The third kappa shape index (κ3) is 5.40. The lowest BCUT2D eigenvalue weighted by molar-refractivity contribution is -0.139. The van der Waals surface area contributed by atoms with Gasteiger partial charge >= 0.3 is 0 Å². The quantitative estimate of drug-likeness (QED) is 0.507. The van der Waals surface area contributed by atoms with Crippen LogP contribution in [0.1, 0.15) is 62.2 Å². The van der Waals surface area contributed by atoms with Gasteiger partial charge in [0.05, 0.1) is 6.04 Å². The molecule has 4 fully saturated rings. The molecule has 9 nitrogen and oxygen atoms in total. The van der Waals surface area contributed by atoms with E-state index in [-0.39, 0.29) is 36.7 Å². The van der Waals surface area contributed by atoms with Crippen LogP contribution in [0.15, 0.2) is 24.3 Å². The van der Waals surface area contributed by atoms with Crippen molar-refractivity contribution in [1.82, 2.24) is 15.5 Å². The Morgan fingerprint density at radius 2 is 1.95 bits per heavy atom. The SMILES string of the molecule is CCCC1CNCCN1c1ccc(C(=O)N[C@H](C(=O)N2C[C@H](N)[C@H]3OCC(=O)[C@H]32)C2CCCCC2)cc1. The van der Waals surface area contributed by atoms with Crippen molar-refractivity contribution in [2.24, 2.45) is 11.7 Å². The number of hydrogen-bond acceptors (Lipinski definition) is 7. The maximum atomic E-state index is 13.8. The molecular formula is C28H41N5O4. The molecule has 202 valence electrons. The van der Waals surface area contributed by atoms with E-state index in [4.69, 9.17) is 10.5 Å². The van der Waals surface area contributed by atoms with Crippen molar-refractivity contribution in [3.63, 3.8) is 0 Å². The Labute approximate surface area is 219 Å². The summed E-state index contributed by atoms with van der Waals surface area (Å²) >= 11 is 0. The van der Waals surface area contributed by atoms with Crippen LogP contribution in [-0.2, 0) is 14.3 Å². The van der Waals surface area contributed by atoms with Gasteiger partial charge in [-0.25, -0.2) is 0 Å². The number of ketones is 1. The zero-order valence-corrected chi connectivity index (χ0v) is 21.9. The summed E-state index contributed by atoms with van der Waals surface area (Å²) in [6, 6.07) is 6.48. The zero-order chi connectivity index (χ0) is 25.9. The normalized spacial score (nSPS) is 29.3. The first-order valence-electron chi connectivity index (χ1n) is 14.1. The van der Waals surface area contributed by atoms with E-state index in [2.05, 4.69) is 22.5 Å². The van der Waals surface area contributed by atoms with Crippen LogP contribution in [0.5, 0.6) is 0 Å². The minimum absolute atomic E-state index is 0.00813. The van der Waals surface area contributed by atoms with Crippen molar-refractivity contribution in [1.29, 1.82) is 0 Å². The number of benzene rings is 1. The maximum Gasteiger partial charge on any atom is 0.251 e. The molecule has 3 heterocycles. The summed E-state index contributed by atoms with van der Waals surface area (Å²) in [6.45, 7) is 5.33. The maximum absolute atomic E-state index is 13.8. The fraction of sp³-hybridized carbons (Fsp3) is 0.679. The lowest BCUT2D eigenvalue weighted by Crippen LogP contribution is -2.55. The standard InChI is InChI=1S/C28H41N5O4/c1-2-6-21-15-30-13-14-32(21)20-11-9-19(10-12-20)27(35)31-24(18-7-4-3-5-8-18)28(36)33-16-22(29)26-25(33)23(34)17-37-26/h9-12,18,21-22,24-26,30H,2-8,13-17,29H2,1H3,(H,31,35)/t21?,22-,24-,25+,26+/m0/s1. The van der Waals surface area contributed by atoms with Crippen molar-refractivity contribution in [2.45, 2.75) is 82.1 Å². The molecule has 0 radical (unpaired) electrons. The van der Waals surface area contributed by atoms with Crippen molar-refractivity contribution in [3.05, 3.63) is 29.8 Å². The third-order valence-electron chi connectivity index (χ3n) is 8.61. The van der Waals surface area contributed by atoms with E-state index in [1.165, 1.54) is 0 Å². The van der Waals surface area contributed by atoms with E-state index >= 15 is 0 Å². The monoisotopic (exact) mass is 511 g/mol. The van der Waals surface area contributed by atoms with E-state index in [0.717, 1.165) is 70.3 Å². The molecule has 1 aromatic carbocycles. The molecule has 1 unspecified atom stereocenters. The average Bonchev–Trinajstić information content (AvgIpc) is 3.48. The van der Waals surface area contributed by atoms with Crippen LogP contribution in [-0.4, -0.2) is 85.6 Å². The van der Waals surface area contributed by atoms with Gasteiger partial charge in [0.25, 0.3) is 5.91 Å². The van der Waals surface area contributed by atoms with Gasteiger partial charge in [-0.2, -0.15) is 0 Å². The van der Waals surface area contributed by atoms with Gasteiger partial charge in [-0.1, -0.05) is 32.6 Å². The summed E-state index contributed by atoms with van der Waals surface area (Å²) in [7, 11) is 0. The number of carbonyl (C=O) groups excluding carboxylic acids is 3. The van der Waals surface area contributed by atoms with Crippen molar-refractivity contribution in [3.8, 4) is 0 Å². The summed E-state index contributed by atoms with van der Waals surface area (Å²) in [5.41, 5.74) is 7.88. The van der Waals surface area contributed by atoms with Crippen LogP contribution in [0.4, 0.5) is 5.69 Å². The van der Waals surface area contributed by atoms with Gasteiger partial charge in [-0.3, -0.25) is 14.4 Å². The summed E-state index contributed by atoms with van der Waals surface area (Å²) in [4.78, 5) is 43.8. The molecule has 37 heavy (non-hydrogen) atoms.